The first-order valence-corrected chi connectivity index (χ1v) is 5.03. The van der Waals surface area contributed by atoms with Crippen LogP contribution >= 0.6 is 0 Å². The van der Waals surface area contributed by atoms with Gasteiger partial charge in [-0.3, -0.25) is 0 Å². The first-order valence-electron chi connectivity index (χ1n) is 5.03. The van der Waals surface area contributed by atoms with Crippen LogP contribution in [0, 0.1) is 12.8 Å². The third-order valence-corrected chi connectivity index (χ3v) is 2.63. The van der Waals surface area contributed by atoms with Gasteiger partial charge in [-0.1, -0.05) is 0 Å². The van der Waals surface area contributed by atoms with E-state index in [1.165, 1.54) is 19.4 Å². The molecule has 0 radical (unpaired) electrons. The third kappa shape index (κ3) is 2.31. The van der Waals surface area contributed by atoms with Crippen LogP contribution in [0.4, 0.5) is 0 Å². The molecular weight excluding hydrogens is 162 g/mol. The van der Waals surface area contributed by atoms with Crippen LogP contribution in [-0.2, 0) is 6.54 Å². The van der Waals surface area contributed by atoms with E-state index in [9.17, 15) is 0 Å². The van der Waals surface area contributed by atoms with Gasteiger partial charge in [-0.25, -0.2) is 4.98 Å². The first kappa shape index (κ1) is 8.75. The fraction of sp³-hybridized carbons (Fsp3) is 0.700. The van der Waals surface area contributed by atoms with Crippen LogP contribution in [0.15, 0.2) is 12.5 Å². The number of nitrogens with one attached hydrogen (secondary N) is 1. The van der Waals surface area contributed by atoms with Gasteiger partial charge in [0.1, 0.15) is 0 Å². The summed E-state index contributed by atoms with van der Waals surface area (Å²) in [5.41, 5.74) is 1.11. The number of nitrogens with zero attached hydrogens (tertiary/aromatic N) is 2. The Bertz CT molecular complexity index is 261. The molecule has 1 atom stereocenters. The lowest BCUT2D eigenvalue weighted by Gasteiger charge is -2.22. The molecule has 0 amide bonds. The van der Waals surface area contributed by atoms with E-state index in [-0.39, 0.29) is 0 Å². The van der Waals surface area contributed by atoms with Gasteiger partial charge in [0.15, 0.2) is 0 Å². The minimum absolute atomic E-state index is 0.794. The van der Waals surface area contributed by atoms with Gasteiger partial charge in [-0.15, -0.1) is 0 Å². The second-order valence-corrected chi connectivity index (χ2v) is 3.92. The van der Waals surface area contributed by atoms with Gasteiger partial charge in [0.05, 0.1) is 12.0 Å². The summed E-state index contributed by atoms with van der Waals surface area (Å²) >= 11 is 0. The Balaban J connectivity index is 1.89. The predicted molar refractivity (Wildman–Crippen MR) is 52.6 cm³/mol. The maximum absolute atomic E-state index is 4.22. The first-order chi connectivity index (χ1) is 6.34. The van der Waals surface area contributed by atoms with Gasteiger partial charge in [-0.05, 0) is 38.8 Å². The Morgan fingerprint density at radius 3 is 3.23 bits per heavy atom. The number of aryl methyl sites for hydroxylation is 1. The summed E-state index contributed by atoms with van der Waals surface area (Å²) in [6.07, 6.45) is 6.72. The highest BCUT2D eigenvalue weighted by Crippen LogP contribution is 2.12. The number of piperidine rings is 1. The molecule has 1 aromatic rings. The highest BCUT2D eigenvalue weighted by Gasteiger charge is 2.12. The molecule has 1 aliphatic heterocycles. The van der Waals surface area contributed by atoms with Crippen molar-refractivity contribution in [3.63, 3.8) is 0 Å². The fourth-order valence-electron chi connectivity index (χ4n) is 1.95. The normalized spacial score (nSPS) is 23.3. The molecule has 1 unspecified atom stereocenters. The maximum atomic E-state index is 4.22. The minimum Gasteiger partial charge on any atom is -0.337 e. The summed E-state index contributed by atoms with van der Waals surface area (Å²) in [6, 6.07) is 0. The number of hydrogen-bond donors (Lipinski definition) is 1. The molecule has 1 fully saturated rings. The van der Waals surface area contributed by atoms with Gasteiger partial charge in [0, 0.05) is 12.7 Å². The van der Waals surface area contributed by atoms with E-state index < -0.39 is 0 Å². The van der Waals surface area contributed by atoms with Crippen molar-refractivity contribution in [3.8, 4) is 0 Å². The minimum atomic E-state index is 0.794. The summed E-state index contributed by atoms with van der Waals surface area (Å²) in [4.78, 5) is 4.22. The zero-order chi connectivity index (χ0) is 9.10. The SMILES string of the molecule is Cc1cn(CC2CCCNC2)cn1. The Labute approximate surface area is 79.2 Å². The lowest BCUT2D eigenvalue weighted by molar-refractivity contribution is 0.337. The molecule has 0 aromatic carbocycles. The predicted octanol–water partition coefficient (Wildman–Crippen LogP) is 1.19. The Morgan fingerprint density at radius 1 is 1.69 bits per heavy atom. The molecule has 3 heteroatoms. The van der Waals surface area contributed by atoms with Crippen LogP contribution in [0.25, 0.3) is 0 Å². The van der Waals surface area contributed by atoms with Crippen molar-refractivity contribution < 1.29 is 0 Å². The Hall–Kier alpha value is -0.830. The average Bonchev–Trinajstić information content (AvgIpc) is 2.53. The van der Waals surface area contributed by atoms with Crippen LogP contribution in [0.5, 0.6) is 0 Å². The van der Waals surface area contributed by atoms with Crippen molar-refractivity contribution in [2.75, 3.05) is 13.1 Å². The molecule has 0 aliphatic carbocycles. The fourth-order valence-corrected chi connectivity index (χ4v) is 1.95. The van der Waals surface area contributed by atoms with E-state index in [4.69, 9.17) is 0 Å². The van der Waals surface area contributed by atoms with E-state index in [0.717, 1.165) is 24.7 Å². The van der Waals surface area contributed by atoms with Gasteiger partial charge in [0.2, 0.25) is 0 Å². The van der Waals surface area contributed by atoms with Gasteiger partial charge < -0.3 is 9.88 Å². The van der Waals surface area contributed by atoms with Crippen LogP contribution < -0.4 is 5.32 Å². The highest BCUT2D eigenvalue weighted by atomic mass is 15.0. The molecule has 0 saturated carbocycles. The van der Waals surface area contributed by atoms with Crippen molar-refractivity contribution >= 4 is 0 Å². The van der Waals surface area contributed by atoms with E-state index >= 15 is 0 Å². The average molecular weight is 179 g/mol. The number of imidazole rings is 1. The zero-order valence-electron chi connectivity index (χ0n) is 8.16. The molecule has 2 heterocycles. The molecule has 2 rings (SSSR count). The lowest BCUT2D eigenvalue weighted by Crippen LogP contribution is -2.31. The summed E-state index contributed by atoms with van der Waals surface area (Å²) in [6.45, 7) is 5.51. The standard InChI is InChI=1S/C10H17N3/c1-9-6-13(8-12-9)7-10-3-2-4-11-5-10/h6,8,10-11H,2-5,7H2,1H3. The van der Waals surface area contributed by atoms with Crippen molar-refractivity contribution in [2.45, 2.75) is 26.3 Å². The summed E-state index contributed by atoms with van der Waals surface area (Å²) in [7, 11) is 0. The topological polar surface area (TPSA) is 29.9 Å². The summed E-state index contributed by atoms with van der Waals surface area (Å²) in [5, 5.41) is 3.43. The zero-order valence-corrected chi connectivity index (χ0v) is 8.16. The van der Waals surface area contributed by atoms with Gasteiger partial charge in [-0.2, -0.15) is 0 Å². The van der Waals surface area contributed by atoms with Crippen LogP contribution in [-0.4, -0.2) is 22.6 Å². The second kappa shape index (κ2) is 3.92. The number of aromatic nitrogens is 2. The van der Waals surface area contributed by atoms with Gasteiger partial charge >= 0.3 is 0 Å². The maximum Gasteiger partial charge on any atom is 0.0949 e. The molecule has 3 nitrogen and oxygen atoms in total. The third-order valence-electron chi connectivity index (χ3n) is 2.63. The number of rotatable bonds is 2. The monoisotopic (exact) mass is 179 g/mol. The highest BCUT2D eigenvalue weighted by molar-refractivity contribution is 4.92. The molecule has 1 aromatic heterocycles. The van der Waals surface area contributed by atoms with Crippen molar-refractivity contribution in [3.05, 3.63) is 18.2 Å². The quantitative estimate of drug-likeness (QED) is 0.739. The second-order valence-electron chi connectivity index (χ2n) is 3.92. The van der Waals surface area contributed by atoms with E-state index in [0.29, 0.717) is 0 Å². The van der Waals surface area contributed by atoms with Crippen LogP contribution in [0.3, 0.4) is 0 Å². The molecule has 13 heavy (non-hydrogen) atoms. The van der Waals surface area contributed by atoms with E-state index in [2.05, 4.69) is 21.1 Å². The summed E-state index contributed by atoms with van der Waals surface area (Å²) in [5.74, 6) is 0.794. The smallest absolute Gasteiger partial charge is 0.0949 e. The van der Waals surface area contributed by atoms with Crippen LogP contribution in [0.2, 0.25) is 0 Å². The van der Waals surface area contributed by atoms with Crippen molar-refractivity contribution in [1.29, 1.82) is 0 Å². The molecule has 1 N–H and O–H groups in total. The number of hydrogen-bond acceptors (Lipinski definition) is 2. The van der Waals surface area contributed by atoms with Gasteiger partial charge in [0.25, 0.3) is 0 Å². The van der Waals surface area contributed by atoms with Crippen molar-refractivity contribution in [1.82, 2.24) is 14.9 Å². The summed E-state index contributed by atoms with van der Waals surface area (Å²) < 4.78 is 2.20. The molecular formula is C10H17N3. The molecule has 0 bridgehead atoms. The largest absolute Gasteiger partial charge is 0.337 e. The molecule has 72 valence electrons. The Kier molecular flexibility index (Phi) is 2.64. The van der Waals surface area contributed by atoms with Crippen LogP contribution in [0.1, 0.15) is 18.5 Å². The molecule has 0 spiro atoms. The van der Waals surface area contributed by atoms with E-state index in [1.54, 1.807) is 0 Å². The molecule has 1 saturated heterocycles. The Morgan fingerprint density at radius 2 is 2.62 bits per heavy atom. The lowest BCUT2D eigenvalue weighted by atomic mass is 10.00. The van der Waals surface area contributed by atoms with E-state index in [1.807, 2.05) is 13.3 Å². The van der Waals surface area contributed by atoms with Crippen molar-refractivity contribution in [2.24, 2.45) is 5.92 Å². The molecule has 1 aliphatic rings.